The third kappa shape index (κ3) is 2.23. The zero-order chi connectivity index (χ0) is 11.5. The molecular formula is C12H14N2OS. The number of fused-ring (bicyclic) bond motifs is 1. The fraction of sp³-hybridized carbons (Fsp3) is 0.250. The summed E-state index contributed by atoms with van der Waals surface area (Å²) in [6, 6.07) is 7.48. The molecule has 4 heteroatoms. The second kappa shape index (κ2) is 4.63. The first-order chi connectivity index (χ1) is 7.70. The van der Waals surface area contributed by atoms with Crippen molar-refractivity contribution in [1.82, 2.24) is 0 Å². The first-order valence-corrected chi connectivity index (χ1v) is 6.12. The highest BCUT2D eigenvalue weighted by atomic mass is 32.1. The van der Waals surface area contributed by atoms with E-state index in [2.05, 4.69) is 5.32 Å². The molecule has 3 nitrogen and oxygen atoms in total. The minimum absolute atomic E-state index is 0.128. The van der Waals surface area contributed by atoms with Crippen LogP contribution < -0.4 is 11.1 Å². The number of thiophene rings is 1. The molecule has 0 aliphatic rings. The summed E-state index contributed by atoms with van der Waals surface area (Å²) in [6.07, 6.45) is 0.645. The summed E-state index contributed by atoms with van der Waals surface area (Å²) in [5.74, 6) is -0.128. The van der Waals surface area contributed by atoms with E-state index >= 15 is 0 Å². The Morgan fingerprint density at radius 3 is 3.06 bits per heavy atom. The molecule has 0 radical (unpaired) electrons. The van der Waals surface area contributed by atoms with Gasteiger partial charge in [0.25, 0.3) is 0 Å². The van der Waals surface area contributed by atoms with Crippen LogP contribution in [0.3, 0.4) is 0 Å². The van der Waals surface area contributed by atoms with Crippen molar-refractivity contribution < 1.29 is 4.79 Å². The summed E-state index contributed by atoms with van der Waals surface area (Å²) < 4.78 is 1.22. The van der Waals surface area contributed by atoms with Gasteiger partial charge < -0.3 is 11.1 Å². The Hall–Kier alpha value is -1.39. The van der Waals surface area contributed by atoms with E-state index < -0.39 is 6.04 Å². The number of hydrogen-bond acceptors (Lipinski definition) is 3. The molecule has 3 N–H and O–H groups in total. The van der Waals surface area contributed by atoms with Gasteiger partial charge in [-0.15, -0.1) is 11.3 Å². The summed E-state index contributed by atoms with van der Waals surface area (Å²) in [7, 11) is 0. The fourth-order valence-electron chi connectivity index (χ4n) is 1.46. The predicted molar refractivity (Wildman–Crippen MR) is 68.7 cm³/mol. The largest absolute Gasteiger partial charge is 0.325 e. The lowest BCUT2D eigenvalue weighted by molar-refractivity contribution is -0.117. The third-order valence-electron chi connectivity index (χ3n) is 2.50. The Labute approximate surface area is 98.3 Å². The molecular weight excluding hydrogens is 220 g/mol. The number of nitrogens with one attached hydrogen (secondary N) is 1. The Bertz CT molecular complexity index is 506. The lowest BCUT2D eigenvalue weighted by Crippen LogP contribution is -2.34. The maximum Gasteiger partial charge on any atom is 0.241 e. The Morgan fingerprint density at radius 1 is 1.50 bits per heavy atom. The van der Waals surface area contributed by atoms with Gasteiger partial charge in [0.2, 0.25) is 5.91 Å². The van der Waals surface area contributed by atoms with Gasteiger partial charge in [-0.3, -0.25) is 4.79 Å². The summed E-state index contributed by atoms with van der Waals surface area (Å²) in [5.41, 5.74) is 6.45. The lowest BCUT2D eigenvalue weighted by Gasteiger charge is -2.09. The van der Waals surface area contributed by atoms with Crippen molar-refractivity contribution in [3.05, 3.63) is 29.6 Å². The molecule has 0 unspecified atom stereocenters. The average Bonchev–Trinajstić information content (AvgIpc) is 2.75. The van der Waals surface area contributed by atoms with Crippen LogP contribution in [0.5, 0.6) is 0 Å². The Kier molecular flexibility index (Phi) is 3.22. The highest BCUT2D eigenvalue weighted by Crippen LogP contribution is 2.23. The normalized spacial score (nSPS) is 12.6. The summed E-state index contributed by atoms with van der Waals surface area (Å²) in [4.78, 5) is 11.6. The van der Waals surface area contributed by atoms with Gasteiger partial charge in [0.1, 0.15) is 0 Å². The van der Waals surface area contributed by atoms with Gasteiger partial charge in [-0.2, -0.15) is 0 Å². The van der Waals surface area contributed by atoms with E-state index in [1.165, 1.54) is 4.70 Å². The molecule has 84 valence electrons. The highest BCUT2D eigenvalue weighted by molar-refractivity contribution is 7.17. The van der Waals surface area contributed by atoms with Gasteiger partial charge >= 0.3 is 0 Å². The van der Waals surface area contributed by atoms with Crippen LogP contribution in [-0.2, 0) is 4.79 Å². The van der Waals surface area contributed by atoms with E-state index in [0.29, 0.717) is 6.42 Å². The quantitative estimate of drug-likeness (QED) is 0.857. The van der Waals surface area contributed by atoms with Crippen LogP contribution in [0.25, 0.3) is 10.1 Å². The minimum Gasteiger partial charge on any atom is -0.325 e. The molecule has 0 aliphatic carbocycles. The molecule has 2 aromatic rings. The second-order valence-corrected chi connectivity index (χ2v) is 4.62. The van der Waals surface area contributed by atoms with E-state index in [9.17, 15) is 4.79 Å². The van der Waals surface area contributed by atoms with Crippen LogP contribution in [0.4, 0.5) is 5.69 Å². The second-order valence-electron chi connectivity index (χ2n) is 3.68. The molecule has 1 aromatic carbocycles. The molecule has 1 aromatic heterocycles. The molecule has 1 heterocycles. The van der Waals surface area contributed by atoms with Crippen LogP contribution in [0, 0.1) is 0 Å². The fourth-order valence-corrected chi connectivity index (χ4v) is 2.24. The average molecular weight is 234 g/mol. The Balaban J connectivity index is 2.17. The SMILES string of the molecule is CC[C@@H](N)C(=O)Nc1ccc2sccc2c1. The van der Waals surface area contributed by atoms with E-state index in [1.54, 1.807) is 11.3 Å². The van der Waals surface area contributed by atoms with Crippen molar-refractivity contribution in [2.75, 3.05) is 5.32 Å². The van der Waals surface area contributed by atoms with Crippen molar-refractivity contribution in [3.8, 4) is 0 Å². The molecule has 1 atom stereocenters. The van der Waals surface area contributed by atoms with Crippen molar-refractivity contribution >= 4 is 33.0 Å². The smallest absolute Gasteiger partial charge is 0.241 e. The van der Waals surface area contributed by atoms with Crippen LogP contribution >= 0.6 is 11.3 Å². The lowest BCUT2D eigenvalue weighted by atomic mass is 10.2. The van der Waals surface area contributed by atoms with Gasteiger partial charge in [0.05, 0.1) is 6.04 Å². The highest BCUT2D eigenvalue weighted by Gasteiger charge is 2.10. The maximum absolute atomic E-state index is 11.6. The van der Waals surface area contributed by atoms with Gasteiger partial charge in [-0.05, 0) is 41.5 Å². The van der Waals surface area contributed by atoms with Crippen molar-refractivity contribution in [2.24, 2.45) is 5.73 Å². The van der Waals surface area contributed by atoms with Gasteiger partial charge in [0, 0.05) is 10.4 Å². The van der Waals surface area contributed by atoms with Crippen LogP contribution in [0.15, 0.2) is 29.6 Å². The summed E-state index contributed by atoms with van der Waals surface area (Å²) in [5, 5.41) is 6.00. The first kappa shape index (κ1) is 11.1. The first-order valence-electron chi connectivity index (χ1n) is 5.24. The van der Waals surface area contributed by atoms with Gasteiger partial charge in [0.15, 0.2) is 0 Å². The number of benzene rings is 1. The van der Waals surface area contributed by atoms with E-state index in [4.69, 9.17) is 5.73 Å². The van der Waals surface area contributed by atoms with E-state index in [1.807, 2.05) is 36.6 Å². The van der Waals surface area contributed by atoms with Crippen molar-refractivity contribution in [1.29, 1.82) is 0 Å². The predicted octanol–water partition coefficient (Wildman–Crippen LogP) is 2.58. The molecule has 0 bridgehead atoms. The number of anilines is 1. The van der Waals surface area contributed by atoms with E-state index in [0.717, 1.165) is 11.1 Å². The Morgan fingerprint density at radius 2 is 2.31 bits per heavy atom. The number of carbonyl (C=O) groups excluding carboxylic acids is 1. The third-order valence-corrected chi connectivity index (χ3v) is 3.39. The molecule has 1 amide bonds. The molecule has 2 rings (SSSR count). The molecule has 0 saturated heterocycles. The summed E-state index contributed by atoms with van der Waals surface area (Å²) in [6.45, 7) is 1.90. The molecule has 0 spiro atoms. The summed E-state index contributed by atoms with van der Waals surface area (Å²) >= 11 is 1.69. The minimum atomic E-state index is -0.432. The number of rotatable bonds is 3. The monoisotopic (exact) mass is 234 g/mol. The van der Waals surface area contributed by atoms with Crippen LogP contribution in [0.2, 0.25) is 0 Å². The van der Waals surface area contributed by atoms with Crippen molar-refractivity contribution in [3.63, 3.8) is 0 Å². The van der Waals surface area contributed by atoms with Gasteiger partial charge in [-0.25, -0.2) is 0 Å². The van der Waals surface area contributed by atoms with Crippen molar-refractivity contribution in [2.45, 2.75) is 19.4 Å². The molecule has 0 fully saturated rings. The van der Waals surface area contributed by atoms with Gasteiger partial charge in [-0.1, -0.05) is 6.92 Å². The zero-order valence-electron chi connectivity index (χ0n) is 9.07. The van der Waals surface area contributed by atoms with E-state index in [-0.39, 0.29) is 5.91 Å². The van der Waals surface area contributed by atoms with Crippen LogP contribution in [-0.4, -0.2) is 11.9 Å². The molecule has 0 saturated carbocycles. The molecule has 16 heavy (non-hydrogen) atoms. The molecule has 0 aliphatic heterocycles. The number of carbonyl (C=O) groups is 1. The zero-order valence-corrected chi connectivity index (χ0v) is 9.88. The van der Waals surface area contributed by atoms with Crippen LogP contribution in [0.1, 0.15) is 13.3 Å². The topological polar surface area (TPSA) is 55.1 Å². The number of nitrogens with two attached hydrogens (primary N) is 1. The number of hydrogen-bond donors (Lipinski definition) is 2. The number of amides is 1. The standard InChI is InChI=1S/C12H14N2OS/c1-2-10(13)12(15)14-9-3-4-11-8(7-9)5-6-16-11/h3-7,10H,2,13H2,1H3,(H,14,15)/t10-/m1/s1. The maximum atomic E-state index is 11.6.